The van der Waals surface area contributed by atoms with Gasteiger partial charge in [-0.25, -0.2) is 0 Å². The predicted molar refractivity (Wildman–Crippen MR) is 93.9 cm³/mol. The molecule has 0 spiro atoms. The summed E-state index contributed by atoms with van der Waals surface area (Å²) in [7, 11) is -1.09. The van der Waals surface area contributed by atoms with E-state index in [9.17, 15) is 0 Å². The van der Waals surface area contributed by atoms with Crippen LogP contribution in [0.5, 0.6) is 0 Å². The minimum atomic E-state index is -1.09. The van der Waals surface area contributed by atoms with Gasteiger partial charge in [-0.1, -0.05) is 0 Å². The van der Waals surface area contributed by atoms with E-state index in [2.05, 4.69) is 87.3 Å². The van der Waals surface area contributed by atoms with Crippen molar-refractivity contribution in [1.82, 2.24) is 0 Å². The van der Waals surface area contributed by atoms with Crippen molar-refractivity contribution in [2.45, 2.75) is 41.1 Å². The van der Waals surface area contributed by atoms with Crippen molar-refractivity contribution in [1.29, 1.82) is 0 Å². The molecule has 0 saturated carbocycles. The molecular formula is C19H26SiTi. The second kappa shape index (κ2) is 7.58. The molecule has 0 aliphatic heterocycles. The summed E-state index contributed by atoms with van der Waals surface area (Å²) in [5, 5.41) is 0. The SMILES string of the molecule is CC=CC=CC[CH]([Ti][CH]1C=Cc2ccccc21)[Si](C)(C)C. The van der Waals surface area contributed by atoms with E-state index in [1.54, 1.807) is 5.56 Å². The van der Waals surface area contributed by atoms with E-state index in [-0.39, 0.29) is 19.2 Å². The van der Waals surface area contributed by atoms with Gasteiger partial charge in [-0.05, 0) is 0 Å². The molecule has 1 aromatic rings. The van der Waals surface area contributed by atoms with Gasteiger partial charge in [-0.15, -0.1) is 0 Å². The first-order valence-corrected chi connectivity index (χ1v) is 13.2. The van der Waals surface area contributed by atoms with Gasteiger partial charge in [-0.3, -0.25) is 0 Å². The van der Waals surface area contributed by atoms with Gasteiger partial charge in [0.2, 0.25) is 0 Å². The van der Waals surface area contributed by atoms with Gasteiger partial charge < -0.3 is 0 Å². The third kappa shape index (κ3) is 4.67. The molecule has 1 aliphatic carbocycles. The molecule has 1 aromatic carbocycles. The van der Waals surface area contributed by atoms with Crippen LogP contribution >= 0.6 is 0 Å². The summed E-state index contributed by atoms with van der Waals surface area (Å²) in [6.07, 6.45) is 14.9. The summed E-state index contributed by atoms with van der Waals surface area (Å²) >= 11 is -0.00171. The van der Waals surface area contributed by atoms with Crippen LogP contribution in [0.15, 0.2) is 54.6 Å². The normalized spacial score (nSPS) is 19.3. The predicted octanol–water partition coefficient (Wildman–Crippen LogP) is 6.03. The van der Waals surface area contributed by atoms with E-state index < -0.39 is 8.07 Å². The van der Waals surface area contributed by atoms with Gasteiger partial charge in [0.15, 0.2) is 0 Å². The zero-order valence-electron chi connectivity index (χ0n) is 13.6. The Bertz CT molecular complexity index is 549. The van der Waals surface area contributed by atoms with Crippen molar-refractivity contribution in [2.75, 3.05) is 0 Å². The van der Waals surface area contributed by atoms with E-state index in [1.165, 1.54) is 12.0 Å². The van der Waals surface area contributed by atoms with Crippen molar-refractivity contribution in [3.05, 3.63) is 65.8 Å². The van der Waals surface area contributed by atoms with Crippen LogP contribution in [0.1, 0.15) is 28.7 Å². The third-order valence-corrected chi connectivity index (χ3v) is 13.5. The van der Waals surface area contributed by atoms with Crippen molar-refractivity contribution in [2.24, 2.45) is 0 Å². The number of allylic oxidation sites excluding steroid dienone is 5. The fourth-order valence-corrected chi connectivity index (χ4v) is 9.23. The standard InChI is InChI=1S/C10H19Si.C9H7.Ti/c1-5-6-7-8-9-10-11(2,3)4;1-2-5-9-7-3-6-8(9)4-1;/h5-8,10H,9H2,1-4H3;1-7H;. The van der Waals surface area contributed by atoms with Gasteiger partial charge in [0, 0.05) is 0 Å². The van der Waals surface area contributed by atoms with E-state index >= 15 is 0 Å². The van der Waals surface area contributed by atoms with Crippen molar-refractivity contribution < 1.29 is 19.2 Å². The zero-order chi connectivity index (χ0) is 15.3. The second-order valence-electron chi connectivity index (χ2n) is 6.74. The first-order chi connectivity index (χ1) is 10.0. The second-order valence-corrected chi connectivity index (χ2v) is 15.7. The Balaban J connectivity index is 2.08. The number of benzene rings is 1. The van der Waals surface area contributed by atoms with Gasteiger partial charge in [-0.2, -0.15) is 0 Å². The molecule has 0 bridgehead atoms. The topological polar surface area (TPSA) is 0 Å². The zero-order valence-corrected chi connectivity index (χ0v) is 16.2. The van der Waals surface area contributed by atoms with Crippen molar-refractivity contribution in [3.63, 3.8) is 0 Å². The average molecular weight is 330 g/mol. The van der Waals surface area contributed by atoms with Crippen LogP contribution in [0.2, 0.25) is 23.5 Å². The van der Waals surface area contributed by atoms with Crippen LogP contribution in [0.3, 0.4) is 0 Å². The Morgan fingerprint density at radius 2 is 1.95 bits per heavy atom. The number of hydrogen-bond donors (Lipinski definition) is 0. The molecule has 1 aliphatic rings. The van der Waals surface area contributed by atoms with E-state index in [0.29, 0.717) is 0 Å². The minimum absolute atomic E-state index is 0.00171. The van der Waals surface area contributed by atoms with Crippen LogP contribution in [0, 0.1) is 0 Å². The summed E-state index contributed by atoms with van der Waals surface area (Å²) in [5.74, 6) is 0. The summed E-state index contributed by atoms with van der Waals surface area (Å²) in [5.41, 5.74) is 3.03. The molecular weight excluding hydrogens is 304 g/mol. The van der Waals surface area contributed by atoms with E-state index in [4.69, 9.17) is 0 Å². The fraction of sp³-hybridized carbons (Fsp3) is 0.368. The molecule has 0 aromatic heterocycles. The van der Waals surface area contributed by atoms with Crippen LogP contribution in [0.25, 0.3) is 6.08 Å². The first kappa shape index (κ1) is 16.7. The molecule has 0 amide bonds. The molecule has 2 atom stereocenters. The summed E-state index contributed by atoms with van der Waals surface area (Å²) in [6.45, 7) is 9.69. The molecule has 0 N–H and O–H groups in total. The van der Waals surface area contributed by atoms with Gasteiger partial charge >= 0.3 is 140 Å². The Kier molecular flexibility index (Phi) is 6.04. The summed E-state index contributed by atoms with van der Waals surface area (Å²) in [4.78, 5) is 0. The molecule has 110 valence electrons. The Morgan fingerprint density at radius 1 is 1.19 bits per heavy atom. The first-order valence-electron chi connectivity index (χ1n) is 7.83. The van der Waals surface area contributed by atoms with Gasteiger partial charge in [0.25, 0.3) is 0 Å². The van der Waals surface area contributed by atoms with Crippen LogP contribution in [-0.4, -0.2) is 8.07 Å². The quantitative estimate of drug-likeness (QED) is 0.441. The van der Waals surface area contributed by atoms with Crippen LogP contribution < -0.4 is 0 Å². The summed E-state index contributed by atoms with van der Waals surface area (Å²) < 4.78 is 1.70. The number of rotatable bonds is 6. The monoisotopic (exact) mass is 330 g/mol. The average Bonchev–Trinajstić information content (AvgIpc) is 2.84. The molecule has 0 nitrogen and oxygen atoms in total. The Labute approximate surface area is 140 Å². The molecule has 2 rings (SSSR count). The van der Waals surface area contributed by atoms with Gasteiger partial charge in [0.1, 0.15) is 0 Å². The maximum absolute atomic E-state index is 2.54. The molecule has 0 saturated heterocycles. The van der Waals surface area contributed by atoms with E-state index in [0.717, 1.165) is 8.07 Å². The molecule has 2 unspecified atom stereocenters. The molecule has 2 heteroatoms. The maximum atomic E-state index is 2.54. The molecule has 0 fully saturated rings. The van der Waals surface area contributed by atoms with Crippen molar-refractivity contribution >= 4 is 14.1 Å². The Morgan fingerprint density at radius 3 is 2.67 bits per heavy atom. The van der Waals surface area contributed by atoms with Crippen molar-refractivity contribution in [3.8, 4) is 0 Å². The number of hydrogen-bond acceptors (Lipinski definition) is 0. The number of fused-ring (bicyclic) bond motifs is 1. The third-order valence-electron chi connectivity index (χ3n) is 4.04. The molecule has 0 radical (unpaired) electrons. The van der Waals surface area contributed by atoms with Crippen LogP contribution in [0.4, 0.5) is 0 Å². The molecule has 21 heavy (non-hydrogen) atoms. The Hall–Kier alpha value is -0.629. The van der Waals surface area contributed by atoms with E-state index in [1.807, 2.05) is 0 Å². The van der Waals surface area contributed by atoms with Crippen LogP contribution in [-0.2, 0) is 19.2 Å². The van der Waals surface area contributed by atoms with Gasteiger partial charge in [0.05, 0.1) is 0 Å². The summed E-state index contributed by atoms with van der Waals surface area (Å²) in [6, 6.07) is 8.94. The molecule has 0 heterocycles. The fourth-order valence-electron chi connectivity index (χ4n) is 2.69.